The van der Waals surface area contributed by atoms with Crippen molar-refractivity contribution in [3.8, 4) is 17.2 Å². The number of aliphatic hydroxyl groups excluding tert-OH is 1. The van der Waals surface area contributed by atoms with Crippen LogP contribution in [-0.2, 0) is 0 Å². The number of hydrogen-bond donors (Lipinski definition) is 3. The smallest absolute Gasteiger partial charge is 0.132 e. The standard InChI is InChI=1S/C13H19NO4.ClH/c1-13(2)12(14-4-5-15)11-9(16)6-8(17-3)7-10(11)18-13;/h6-7,12,14-16H,4-5H2,1-3H3;1H. The molecule has 0 bridgehead atoms. The van der Waals surface area contributed by atoms with Gasteiger partial charge in [0.1, 0.15) is 22.8 Å². The zero-order valence-corrected chi connectivity index (χ0v) is 12.1. The number of phenolic OH excluding ortho intramolecular Hbond substituents is 1. The van der Waals surface area contributed by atoms with Crippen LogP contribution in [0.3, 0.4) is 0 Å². The number of fused-ring (bicyclic) bond motifs is 1. The second kappa shape index (κ2) is 5.86. The molecule has 0 fully saturated rings. The number of rotatable bonds is 4. The summed E-state index contributed by atoms with van der Waals surface area (Å²) in [6.07, 6.45) is 0. The van der Waals surface area contributed by atoms with E-state index >= 15 is 0 Å². The van der Waals surface area contributed by atoms with Crippen LogP contribution in [0.4, 0.5) is 0 Å². The van der Waals surface area contributed by atoms with E-state index in [-0.39, 0.29) is 30.8 Å². The molecule has 0 saturated heterocycles. The fourth-order valence-electron chi connectivity index (χ4n) is 2.33. The summed E-state index contributed by atoms with van der Waals surface area (Å²) < 4.78 is 10.9. The Morgan fingerprint density at radius 3 is 2.68 bits per heavy atom. The number of ether oxygens (including phenoxy) is 2. The number of halogens is 1. The van der Waals surface area contributed by atoms with E-state index < -0.39 is 5.60 Å². The van der Waals surface area contributed by atoms with Gasteiger partial charge < -0.3 is 25.0 Å². The van der Waals surface area contributed by atoms with Crippen molar-refractivity contribution in [1.82, 2.24) is 5.32 Å². The van der Waals surface area contributed by atoms with Gasteiger partial charge in [-0.15, -0.1) is 12.4 Å². The second-order valence-electron chi connectivity index (χ2n) is 4.87. The summed E-state index contributed by atoms with van der Waals surface area (Å²) in [6.45, 7) is 4.36. The third kappa shape index (κ3) is 2.88. The third-order valence-electron chi connectivity index (χ3n) is 3.15. The average Bonchev–Trinajstić information content (AvgIpc) is 2.56. The molecule has 5 nitrogen and oxygen atoms in total. The maximum atomic E-state index is 10.1. The first-order chi connectivity index (χ1) is 8.49. The zero-order valence-electron chi connectivity index (χ0n) is 11.3. The SMILES string of the molecule is COc1cc(O)c2c(c1)OC(C)(C)C2NCCO.Cl. The largest absolute Gasteiger partial charge is 0.507 e. The molecule has 0 aliphatic carbocycles. The molecule has 108 valence electrons. The van der Waals surface area contributed by atoms with Gasteiger partial charge in [0.05, 0.1) is 25.3 Å². The van der Waals surface area contributed by atoms with Gasteiger partial charge in [0.15, 0.2) is 0 Å². The van der Waals surface area contributed by atoms with Crippen molar-refractivity contribution in [2.75, 3.05) is 20.3 Å². The van der Waals surface area contributed by atoms with Crippen LogP contribution >= 0.6 is 12.4 Å². The Kier molecular flexibility index (Phi) is 4.90. The number of hydrogen-bond acceptors (Lipinski definition) is 5. The number of phenols is 1. The lowest BCUT2D eigenvalue weighted by Crippen LogP contribution is -2.40. The van der Waals surface area contributed by atoms with Crippen molar-refractivity contribution in [1.29, 1.82) is 0 Å². The van der Waals surface area contributed by atoms with Crippen LogP contribution in [0.1, 0.15) is 25.5 Å². The molecule has 1 aliphatic rings. The Bertz CT molecular complexity index is 451. The number of aromatic hydroxyl groups is 1. The third-order valence-corrected chi connectivity index (χ3v) is 3.15. The van der Waals surface area contributed by atoms with Gasteiger partial charge in [-0.2, -0.15) is 0 Å². The molecule has 0 saturated carbocycles. The van der Waals surface area contributed by atoms with Crippen LogP contribution in [0.2, 0.25) is 0 Å². The average molecular weight is 290 g/mol. The maximum Gasteiger partial charge on any atom is 0.132 e. The van der Waals surface area contributed by atoms with E-state index in [0.717, 1.165) is 0 Å². The van der Waals surface area contributed by atoms with Gasteiger partial charge in [-0.05, 0) is 13.8 Å². The molecule has 3 N–H and O–H groups in total. The molecule has 1 aromatic rings. The van der Waals surface area contributed by atoms with Crippen LogP contribution in [-0.4, -0.2) is 36.1 Å². The number of methoxy groups -OCH3 is 1. The summed E-state index contributed by atoms with van der Waals surface area (Å²) in [7, 11) is 1.54. The lowest BCUT2D eigenvalue weighted by Gasteiger charge is -2.27. The maximum absolute atomic E-state index is 10.1. The van der Waals surface area contributed by atoms with E-state index in [9.17, 15) is 5.11 Å². The molecule has 1 atom stereocenters. The Morgan fingerprint density at radius 2 is 2.11 bits per heavy atom. The van der Waals surface area contributed by atoms with Gasteiger partial charge >= 0.3 is 0 Å². The lowest BCUT2D eigenvalue weighted by atomic mass is 9.93. The molecular formula is C13H20ClNO4. The van der Waals surface area contributed by atoms with E-state index in [4.69, 9.17) is 14.6 Å². The highest BCUT2D eigenvalue weighted by Gasteiger charge is 2.43. The van der Waals surface area contributed by atoms with Gasteiger partial charge in [-0.1, -0.05) is 0 Å². The topological polar surface area (TPSA) is 71.0 Å². The molecule has 0 spiro atoms. The Hall–Kier alpha value is -1.17. The summed E-state index contributed by atoms with van der Waals surface area (Å²) >= 11 is 0. The quantitative estimate of drug-likeness (QED) is 0.786. The van der Waals surface area contributed by atoms with Gasteiger partial charge in [-0.3, -0.25) is 0 Å². The van der Waals surface area contributed by atoms with E-state index in [1.165, 1.54) is 0 Å². The first kappa shape index (κ1) is 15.9. The minimum Gasteiger partial charge on any atom is -0.507 e. The van der Waals surface area contributed by atoms with Gasteiger partial charge in [0.2, 0.25) is 0 Å². The number of benzene rings is 1. The van der Waals surface area contributed by atoms with E-state index in [1.54, 1.807) is 19.2 Å². The molecule has 1 unspecified atom stereocenters. The highest BCUT2D eigenvalue weighted by atomic mass is 35.5. The van der Waals surface area contributed by atoms with Gasteiger partial charge in [-0.25, -0.2) is 0 Å². The van der Waals surface area contributed by atoms with Crippen molar-refractivity contribution < 1.29 is 19.7 Å². The molecule has 0 aromatic heterocycles. The Labute approximate surface area is 118 Å². The van der Waals surface area contributed by atoms with Crippen molar-refractivity contribution in [2.45, 2.75) is 25.5 Å². The van der Waals surface area contributed by atoms with E-state index in [0.29, 0.717) is 23.6 Å². The van der Waals surface area contributed by atoms with Gasteiger partial charge in [0, 0.05) is 18.7 Å². The molecule has 0 amide bonds. The van der Waals surface area contributed by atoms with Crippen LogP contribution < -0.4 is 14.8 Å². The Morgan fingerprint density at radius 1 is 1.42 bits per heavy atom. The first-order valence-corrected chi connectivity index (χ1v) is 5.93. The molecule has 19 heavy (non-hydrogen) atoms. The van der Waals surface area contributed by atoms with Crippen LogP contribution in [0, 0.1) is 0 Å². The molecule has 1 aliphatic heterocycles. The highest BCUT2D eigenvalue weighted by Crippen LogP contribution is 2.48. The Balaban J connectivity index is 0.00000180. The molecule has 1 heterocycles. The number of nitrogens with one attached hydrogen (secondary N) is 1. The molecule has 0 radical (unpaired) electrons. The summed E-state index contributed by atoms with van der Waals surface area (Å²) in [5.74, 6) is 1.32. The molecule has 2 rings (SSSR count). The summed E-state index contributed by atoms with van der Waals surface area (Å²) in [5, 5.41) is 22.2. The predicted octanol–water partition coefficient (Wildman–Crippen LogP) is 1.62. The summed E-state index contributed by atoms with van der Waals surface area (Å²) in [4.78, 5) is 0. The van der Waals surface area contributed by atoms with E-state index in [1.807, 2.05) is 13.8 Å². The minimum absolute atomic E-state index is 0. The molecule has 6 heteroatoms. The fraction of sp³-hybridized carbons (Fsp3) is 0.538. The number of aliphatic hydroxyl groups is 1. The minimum atomic E-state index is -0.485. The van der Waals surface area contributed by atoms with Crippen molar-refractivity contribution in [3.05, 3.63) is 17.7 Å². The van der Waals surface area contributed by atoms with Gasteiger partial charge in [0.25, 0.3) is 0 Å². The van der Waals surface area contributed by atoms with Crippen LogP contribution in [0.5, 0.6) is 17.2 Å². The molecular weight excluding hydrogens is 270 g/mol. The molecule has 1 aromatic carbocycles. The van der Waals surface area contributed by atoms with E-state index in [2.05, 4.69) is 5.32 Å². The monoisotopic (exact) mass is 289 g/mol. The second-order valence-corrected chi connectivity index (χ2v) is 4.87. The van der Waals surface area contributed by atoms with Crippen molar-refractivity contribution in [3.63, 3.8) is 0 Å². The van der Waals surface area contributed by atoms with Crippen LogP contribution in [0.15, 0.2) is 12.1 Å². The fourth-order valence-corrected chi connectivity index (χ4v) is 2.33. The summed E-state index contributed by atoms with van der Waals surface area (Å²) in [5.41, 5.74) is 0.232. The van der Waals surface area contributed by atoms with Crippen LogP contribution in [0.25, 0.3) is 0 Å². The highest BCUT2D eigenvalue weighted by molar-refractivity contribution is 5.85. The zero-order chi connectivity index (χ0) is 13.3. The summed E-state index contributed by atoms with van der Waals surface area (Å²) in [6, 6.07) is 3.17. The normalized spacial score (nSPS) is 19.3. The first-order valence-electron chi connectivity index (χ1n) is 5.93. The van der Waals surface area contributed by atoms with Crippen molar-refractivity contribution >= 4 is 12.4 Å². The predicted molar refractivity (Wildman–Crippen MR) is 74.4 cm³/mol. The lowest BCUT2D eigenvalue weighted by molar-refractivity contribution is 0.0936. The van der Waals surface area contributed by atoms with Crippen molar-refractivity contribution in [2.24, 2.45) is 0 Å².